The second-order valence-corrected chi connectivity index (χ2v) is 4.20. The first-order valence-corrected chi connectivity index (χ1v) is 6.04. The molecule has 2 rings (SSSR count). The maximum atomic E-state index is 11.5. The van der Waals surface area contributed by atoms with E-state index >= 15 is 0 Å². The summed E-state index contributed by atoms with van der Waals surface area (Å²) in [6, 6.07) is 10.4. The van der Waals surface area contributed by atoms with Gasteiger partial charge in [-0.2, -0.15) is 0 Å². The molecule has 1 aromatic heterocycles. The fourth-order valence-electron chi connectivity index (χ4n) is 2.14. The summed E-state index contributed by atoms with van der Waals surface area (Å²) >= 11 is 0. The quantitative estimate of drug-likeness (QED) is 0.860. The number of fused-ring (bicyclic) bond motifs is 1. The minimum Gasteiger partial charge on any atom is -0.356 e. The Bertz CT molecular complexity index is 528. The van der Waals surface area contributed by atoms with Crippen molar-refractivity contribution < 1.29 is 4.79 Å². The summed E-state index contributed by atoms with van der Waals surface area (Å²) in [5, 5.41) is 4.06. The Labute approximate surface area is 101 Å². The third kappa shape index (κ3) is 2.49. The van der Waals surface area contributed by atoms with Crippen LogP contribution < -0.4 is 5.32 Å². The van der Waals surface area contributed by atoms with Crippen LogP contribution in [0.1, 0.15) is 19.0 Å². The number of carbonyl (C=O) groups is 1. The second-order valence-electron chi connectivity index (χ2n) is 4.20. The predicted molar refractivity (Wildman–Crippen MR) is 70.0 cm³/mol. The van der Waals surface area contributed by atoms with Crippen LogP contribution in [0.25, 0.3) is 10.9 Å². The minimum atomic E-state index is 0.115. The lowest BCUT2D eigenvalue weighted by atomic mass is 10.2. The van der Waals surface area contributed by atoms with Crippen LogP contribution in [-0.2, 0) is 11.3 Å². The maximum absolute atomic E-state index is 11.5. The molecule has 1 aromatic carbocycles. The highest BCUT2D eigenvalue weighted by atomic mass is 16.1. The Morgan fingerprint density at radius 2 is 2.12 bits per heavy atom. The summed E-state index contributed by atoms with van der Waals surface area (Å²) in [5.41, 5.74) is 2.41. The highest BCUT2D eigenvalue weighted by molar-refractivity contribution is 5.81. The minimum absolute atomic E-state index is 0.115. The zero-order valence-corrected chi connectivity index (χ0v) is 10.4. The van der Waals surface area contributed by atoms with Crippen LogP contribution in [0, 0.1) is 6.92 Å². The number of carbonyl (C=O) groups excluding carboxylic acids is 1. The van der Waals surface area contributed by atoms with Crippen molar-refractivity contribution >= 4 is 16.8 Å². The molecule has 0 aliphatic heterocycles. The molecule has 0 atom stereocenters. The molecular formula is C14H18N2O. The topological polar surface area (TPSA) is 34.0 Å². The molecule has 0 fully saturated rings. The standard InChI is InChI=1S/C14H18N2O/c1-3-15-14(17)8-9-16-11(2)10-12-6-4-5-7-13(12)16/h4-7,10H,3,8-9H2,1-2H3,(H,15,17). The van der Waals surface area contributed by atoms with Gasteiger partial charge in [0, 0.05) is 30.7 Å². The summed E-state index contributed by atoms with van der Waals surface area (Å²) in [7, 11) is 0. The number of hydrogen-bond donors (Lipinski definition) is 1. The first-order valence-electron chi connectivity index (χ1n) is 6.04. The molecule has 1 heterocycles. The van der Waals surface area contributed by atoms with Crippen LogP contribution in [0.5, 0.6) is 0 Å². The molecule has 3 nitrogen and oxygen atoms in total. The van der Waals surface area contributed by atoms with Gasteiger partial charge >= 0.3 is 0 Å². The van der Waals surface area contributed by atoms with E-state index in [2.05, 4.69) is 35.0 Å². The van der Waals surface area contributed by atoms with E-state index in [0.29, 0.717) is 13.0 Å². The molecule has 0 aliphatic carbocycles. The normalized spacial score (nSPS) is 10.7. The van der Waals surface area contributed by atoms with Crippen molar-refractivity contribution in [1.29, 1.82) is 0 Å². The average Bonchev–Trinajstić information content (AvgIpc) is 2.62. The fraction of sp³-hybridized carbons (Fsp3) is 0.357. The van der Waals surface area contributed by atoms with Gasteiger partial charge in [-0.3, -0.25) is 4.79 Å². The molecule has 0 saturated carbocycles. The summed E-state index contributed by atoms with van der Waals surface area (Å²) in [6.07, 6.45) is 0.535. The van der Waals surface area contributed by atoms with Crippen molar-refractivity contribution in [2.75, 3.05) is 6.54 Å². The molecule has 1 N–H and O–H groups in total. The Morgan fingerprint density at radius 3 is 2.88 bits per heavy atom. The number of rotatable bonds is 4. The van der Waals surface area contributed by atoms with Crippen LogP contribution in [-0.4, -0.2) is 17.0 Å². The lowest BCUT2D eigenvalue weighted by Gasteiger charge is -2.08. The fourth-order valence-corrected chi connectivity index (χ4v) is 2.14. The van der Waals surface area contributed by atoms with Gasteiger partial charge < -0.3 is 9.88 Å². The number of benzene rings is 1. The largest absolute Gasteiger partial charge is 0.356 e. The van der Waals surface area contributed by atoms with Gasteiger partial charge in [-0.05, 0) is 31.4 Å². The SMILES string of the molecule is CCNC(=O)CCn1c(C)cc2ccccc21. The summed E-state index contributed by atoms with van der Waals surface area (Å²) in [6.45, 7) is 5.46. The molecule has 0 bridgehead atoms. The van der Waals surface area contributed by atoms with E-state index in [1.54, 1.807) is 0 Å². The van der Waals surface area contributed by atoms with Crippen molar-refractivity contribution in [2.45, 2.75) is 26.8 Å². The van der Waals surface area contributed by atoms with Gasteiger partial charge in [-0.25, -0.2) is 0 Å². The lowest BCUT2D eigenvalue weighted by molar-refractivity contribution is -0.121. The number of hydrogen-bond acceptors (Lipinski definition) is 1. The van der Waals surface area contributed by atoms with Crippen LogP contribution in [0.4, 0.5) is 0 Å². The number of nitrogens with zero attached hydrogens (tertiary/aromatic N) is 1. The van der Waals surface area contributed by atoms with Crippen LogP contribution in [0.2, 0.25) is 0 Å². The van der Waals surface area contributed by atoms with E-state index in [-0.39, 0.29) is 5.91 Å². The van der Waals surface area contributed by atoms with Gasteiger partial charge in [0.2, 0.25) is 5.91 Å². The zero-order valence-electron chi connectivity index (χ0n) is 10.4. The third-order valence-electron chi connectivity index (χ3n) is 2.95. The molecular weight excluding hydrogens is 212 g/mol. The lowest BCUT2D eigenvalue weighted by Crippen LogP contribution is -2.23. The van der Waals surface area contributed by atoms with Gasteiger partial charge in [0.25, 0.3) is 0 Å². The maximum Gasteiger partial charge on any atom is 0.221 e. The molecule has 2 aromatic rings. The van der Waals surface area contributed by atoms with Gasteiger partial charge in [0.1, 0.15) is 0 Å². The molecule has 90 valence electrons. The summed E-state index contributed by atoms with van der Waals surface area (Å²) in [5.74, 6) is 0.115. The highest BCUT2D eigenvalue weighted by Gasteiger charge is 2.06. The molecule has 3 heteroatoms. The molecule has 0 aliphatic rings. The van der Waals surface area contributed by atoms with Crippen molar-refractivity contribution in [3.8, 4) is 0 Å². The average molecular weight is 230 g/mol. The van der Waals surface area contributed by atoms with Crippen LogP contribution in [0.3, 0.4) is 0 Å². The number of para-hydroxylation sites is 1. The molecule has 0 spiro atoms. The molecule has 0 radical (unpaired) electrons. The summed E-state index contributed by atoms with van der Waals surface area (Å²) < 4.78 is 2.20. The van der Waals surface area contributed by atoms with Gasteiger partial charge in [0.05, 0.1) is 0 Å². The third-order valence-corrected chi connectivity index (χ3v) is 2.95. The van der Waals surface area contributed by atoms with Gasteiger partial charge in [-0.15, -0.1) is 0 Å². The van der Waals surface area contributed by atoms with E-state index in [9.17, 15) is 4.79 Å². The Morgan fingerprint density at radius 1 is 1.35 bits per heavy atom. The monoisotopic (exact) mass is 230 g/mol. The first kappa shape index (κ1) is 11.7. The van der Waals surface area contributed by atoms with Crippen molar-refractivity contribution in [3.05, 3.63) is 36.0 Å². The van der Waals surface area contributed by atoms with E-state index in [0.717, 1.165) is 6.54 Å². The Balaban J connectivity index is 2.18. The van der Waals surface area contributed by atoms with Crippen molar-refractivity contribution in [1.82, 2.24) is 9.88 Å². The number of amides is 1. The number of aryl methyl sites for hydroxylation is 2. The van der Waals surface area contributed by atoms with Crippen LogP contribution in [0.15, 0.2) is 30.3 Å². The molecule has 0 saturated heterocycles. The van der Waals surface area contributed by atoms with E-state index < -0.39 is 0 Å². The number of nitrogens with one attached hydrogen (secondary N) is 1. The zero-order chi connectivity index (χ0) is 12.3. The van der Waals surface area contributed by atoms with Gasteiger partial charge in [-0.1, -0.05) is 18.2 Å². The smallest absolute Gasteiger partial charge is 0.221 e. The second kappa shape index (κ2) is 5.04. The molecule has 0 unspecified atom stereocenters. The Kier molecular flexibility index (Phi) is 3.47. The first-order chi connectivity index (χ1) is 8.22. The molecule has 1 amide bonds. The van der Waals surface area contributed by atoms with E-state index in [4.69, 9.17) is 0 Å². The van der Waals surface area contributed by atoms with Gasteiger partial charge in [0.15, 0.2) is 0 Å². The molecule has 17 heavy (non-hydrogen) atoms. The van der Waals surface area contributed by atoms with Crippen molar-refractivity contribution in [2.24, 2.45) is 0 Å². The highest BCUT2D eigenvalue weighted by Crippen LogP contribution is 2.19. The van der Waals surface area contributed by atoms with E-state index in [1.165, 1.54) is 16.6 Å². The predicted octanol–water partition coefficient (Wildman–Crippen LogP) is 2.48. The van der Waals surface area contributed by atoms with Crippen LogP contribution >= 0.6 is 0 Å². The Hall–Kier alpha value is -1.77. The number of aromatic nitrogens is 1. The summed E-state index contributed by atoms with van der Waals surface area (Å²) in [4.78, 5) is 11.5. The van der Waals surface area contributed by atoms with Crippen molar-refractivity contribution in [3.63, 3.8) is 0 Å². The van der Waals surface area contributed by atoms with E-state index in [1.807, 2.05) is 19.1 Å².